The molecule has 3 rings (SSSR count). The summed E-state index contributed by atoms with van der Waals surface area (Å²) in [5.74, 6) is 1.68. The predicted molar refractivity (Wildman–Crippen MR) is 102 cm³/mol. The van der Waals surface area contributed by atoms with Crippen LogP contribution in [0, 0.1) is 0 Å². The number of aromatic hydroxyl groups is 1. The molecule has 0 spiro atoms. The molecule has 1 fully saturated rings. The molecule has 0 saturated heterocycles. The highest BCUT2D eigenvalue weighted by Gasteiger charge is 2.41. The van der Waals surface area contributed by atoms with Gasteiger partial charge in [-0.3, -0.25) is 0 Å². The highest BCUT2D eigenvalue weighted by Crippen LogP contribution is 2.56. The summed E-state index contributed by atoms with van der Waals surface area (Å²) < 4.78 is 0. The standard InChI is InChI=1S/C23H30O/c1-22(2,3)19-12-16(13-20(21(19)24)23(4,5)6)18-14-17(18)15-10-8-7-9-11-15/h7-13,17-18,24H,14H2,1-6H3. The monoisotopic (exact) mass is 322 g/mol. The van der Waals surface area contributed by atoms with Crippen molar-refractivity contribution >= 4 is 0 Å². The lowest BCUT2D eigenvalue weighted by molar-refractivity contribution is 0.422. The molecule has 0 aromatic heterocycles. The van der Waals surface area contributed by atoms with Crippen molar-refractivity contribution in [2.45, 2.75) is 70.6 Å². The summed E-state index contributed by atoms with van der Waals surface area (Å²) in [6.07, 6.45) is 1.21. The van der Waals surface area contributed by atoms with Crippen LogP contribution in [0.1, 0.15) is 82.1 Å². The van der Waals surface area contributed by atoms with Crippen molar-refractivity contribution in [1.29, 1.82) is 0 Å². The first-order valence-electron chi connectivity index (χ1n) is 9.02. The maximum absolute atomic E-state index is 10.9. The SMILES string of the molecule is CC(C)(C)c1cc(C2CC2c2ccccc2)cc(C(C)(C)C)c1O. The Labute approximate surface area is 146 Å². The third-order valence-electron chi connectivity index (χ3n) is 5.19. The van der Waals surface area contributed by atoms with E-state index < -0.39 is 0 Å². The van der Waals surface area contributed by atoms with Crippen LogP contribution in [-0.4, -0.2) is 5.11 Å². The van der Waals surface area contributed by atoms with E-state index >= 15 is 0 Å². The molecule has 2 aromatic rings. The van der Waals surface area contributed by atoms with E-state index in [-0.39, 0.29) is 10.8 Å². The summed E-state index contributed by atoms with van der Waals surface area (Å²) in [6, 6.07) is 15.3. The van der Waals surface area contributed by atoms with E-state index in [4.69, 9.17) is 0 Å². The van der Waals surface area contributed by atoms with Crippen molar-refractivity contribution in [2.24, 2.45) is 0 Å². The van der Waals surface area contributed by atoms with Gasteiger partial charge in [-0.05, 0) is 51.3 Å². The first kappa shape index (κ1) is 17.1. The first-order chi connectivity index (χ1) is 11.1. The molecule has 0 bridgehead atoms. The molecule has 24 heavy (non-hydrogen) atoms. The zero-order valence-corrected chi connectivity index (χ0v) is 15.9. The summed E-state index contributed by atoms with van der Waals surface area (Å²) in [5, 5.41) is 10.9. The fourth-order valence-electron chi connectivity index (χ4n) is 3.65. The number of rotatable bonds is 2. The minimum atomic E-state index is -0.0583. The molecular weight excluding hydrogens is 292 g/mol. The van der Waals surface area contributed by atoms with Gasteiger partial charge in [0, 0.05) is 0 Å². The molecule has 1 heteroatoms. The molecule has 128 valence electrons. The number of hydrogen-bond donors (Lipinski definition) is 1. The Bertz CT molecular complexity index is 694. The topological polar surface area (TPSA) is 20.2 Å². The molecule has 1 N–H and O–H groups in total. The van der Waals surface area contributed by atoms with Crippen LogP contribution in [-0.2, 0) is 10.8 Å². The van der Waals surface area contributed by atoms with Crippen LogP contribution in [0.4, 0.5) is 0 Å². The number of phenols is 1. The molecule has 0 heterocycles. The Balaban J connectivity index is 2.04. The van der Waals surface area contributed by atoms with Gasteiger partial charge in [-0.2, -0.15) is 0 Å². The number of hydrogen-bond acceptors (Lipinski definition) is 1. The van der Waals surface area contributed by atoms with Crippen molar-refractivity contribution in [3.63, 3.8) is 0 Å². The van der Waals surface area contributed by atoms with E-state index in [9.17, 15) is 5.11 Å². The van der Waals surface area contributed by atoms with Crippen LogP contribution >= 0.6 is 0 Å². The molecule has 1 aliphatic carbocycles. The maximum Gasteiger partial charge on any atom is 0.123 e. The van der Waals surface area contributed by atoms with Crippen molar-refractivity contribution in [1.82, 2.24) is 0 Å². The normalized spacial score (nSPS) is 20.9. The van der Waals surface area contributed by atoms with Gasteiger partial charge in [-0.15, -0.1) is 0 Å². The van der Waals surface area contributed by atoms with Gasteiger partial charge in [0.2, 0.25) is 0 Å². The van der Waals surface area contributed by atoms with Crippen molar-refractivity contribution in [3.05, 3.63) is 64.7 Å². The molecule has 2 aromatic carbocycles. The molecule has 0 aliphatic heterocycles. The first-order valence-corrected chi connectivity index (χ1v) is 9.02. The Kier molecular flexibility index (Phi) is 4.02. The molecule has 1 nitrogen and oxygen atoms in total. The minimum Gasteiger partial charge on any atom is -0.507 e. The summed E-state index contributed by atoms with van der Waals surface area (Å²) in [5.41, 5.74) is 4.85. The van der Waals surface area contributed by atoms with Crippen molar-refractivity contribution < 1.29 is 5.11 Å². The molecular formula is C23H30O. The second-order valence-corrected chi connectivity index (χ2v) is 9.32. The third-order valence-corrected chi connectivity index (χ3v) is 5.19. The van der Waals surface area contributed by atoms with E-state index in [1.54, 1.807) is 0 Å². The van der Waals surface area contributed by atoms with Crippen LogP contribution < -0.4 is 0 Å². The fourth-order valence-corrected chi connectivity index (χ4v) is 3.65. The zero-order valence-electron chi connectivity index (χ0n) is 15.9. The second-order valence-electron chi connectivity index (χ2n) is 9.32. The van der Waals surface area contributed by atoms with Gasteiger partial charge in [-0.25, -0.2) is 0 Å². The van der Waals surface area contributed by atoms with Crippen LogP contribution in [0.5, 0.6) is 5.75 Å². The summed E-state index contributed by atoms with van der Waals surface area (Å²) >= 11 is 0. The van der Waals surface area contributed by atoms with E-state index in [1.807, 2.05) is 0 Å². The van der Waals surface area contributed by atoms with Gasteiger partial charge in [0.1, 0.15) is 5.75 Å². The summed E-state index contributed by atoms with van der Waals surface area (Å²) in [6.45, 7) is 13.1. The van der Waals surface area contributed by atoms with Gasteiger partial charge in [-0.1, -0.05) is 84.0 Å². The predicted octanol–water partition coefficient (Wildman–Crippen LogP) is 6.26. The highest BCUT2D eigenvalue weighted by atomic mass is 16.3. The largest absolute Gasteiger partial charge is 0.507 e. The minimum absolute atomic E-state index is 0.0583. The zero-order chi connectivity index (χ0) is 17.7. The summed E-state index contributed by atoms with van der Waals surface area (Å²) in [7, 11) is 0. The van der Waals surface area contributed by atoms with E-state index in [1.165, 1.54) is 17.5 Å². The molecule has 1 saturated carbocycles. The Morgan fingerprint density at radius 1 is 0.750 bits per heavy atom. The lowest BCUT2D eigenvalue weighted by Gasteiger charge is -2.28. The number of benzene rings is 2. The van der Waals surface area contributed by atoms with Gasteiger partial charge in [0.05, 0.1) is 0 Å². The Morgan fingerprint density at radius 3 is 1.67 bits per heavy atom. The molecule has 0 radical (unpaired) electrons. The maximum atomic E-state index is 10.9. The number of phenolic OH excluding ortho intramolecular Hbond substituents is 1. The molecule has 2 unspecified atom stereocenters. The van der Waals surface area contributed by atoms with Crippen LogP contribution in [0.2, 0.25) is 0 Å². The van der Waals surface area contributed by atoms with Crippen molar-refractivity contribution in [3.8, 4) is 5.75 Å². The lowest BCUT2D eigenvalue weighted by Crippen LogP contribution is -2.17. The Hall–Kier alpha value is -1.76. The van der Waals surface area contributed by atoms with Crippen molar-refractivity contribution in [2.75, 3.05) is 0 Å². The van der Waals surface area contributed by atoms with E-state index in [2.05, 4.69) is 84.0 Å². The smallest absolute Gasteiger partial charge is 0.123 e. The highest BCUT2D eigenvalue weighted by molar-refractivity contribution is 5.52. The average Bonchev–Trinajstić information content (AvgIpc) is 3.26. The van der Waals surface area contributed by atoms with Gasteiger partial charge < -0.3 is 5.11 Å². The Morgan fingerprint density at radius 2 is 1.21 bits per heavy atom. The lowest BCUT2D eigenvalue weighted by atomic mass is 9.78. The van der Waals surface area contributed by atoms with Gasteiger partial charge >= 0.3 is 0 Å². The fraction of sp³-hybridized carbons (Fsp3) is 0.478. The average molecular weight is 322 g/mol. The van der Waals surface area contributed by atoms with Crippen LogP contribution in [0.3, 0.4) is 0 Å². The molecule has 0 amide bonds. The quantitative estimate of drug-likeness (QED) is 0.692. The van der Waals surface area contributed by atoms with Crippen LogP contribution in [0.15, 0.2) is 42.5 Å². The third kappa shape index (κ3) is 3.22. The summed E-state index contributed by atoms with van der Waals surface area (Å²) in [4.78, 5) is 0. The molecule has 2 atom stereocenters. The van der Waals surface area contributed by atoms with Crippen LogP contribution in [0.25, 0.3) is 0 Å². The van der Waals surface area contributed by atoms with E-state index in [0.717, 1.165) is 11.1 Å². The van der Waals surface area contributed by atoms with Gasteiger partial charge in [0.15, 0.2) is 0 Å². The van der Waals surface area contributed by atoms with E-state index in [0.29, 0.717) is 17.6 Å². The van der Waals surface area contributed by atoms with Gasteiger partial charge in [0.25, 0.3) is 0 Å². The second kappa shape index (κ2) is 5.65. The molecule has 1 aliphatic rings.